The number of nitrogens with two attached hydrogens (primary N) is 1. The molecule has 0 radical (unpaired) electrons. The van der Waals surface area contributed by atoms with Gasteiger partial charge in [-0.1, -0.05) is 12.1 Å². The molecule has 0 fully saturated rings. The van der Waals surface area contributed by atoms with Crippen molar-refractivity contribution in [3.8, 4) is 22.9 Å². The van der Waals surface area contributed by atoms with E-state index in [2.05, 4.69) is 0 Å². The number of benzene rings is 1. The van der Waals surface area contributed by atoms with Gasteiger partial charge in [-0.15, -0.1) is 0 Å². The lowest BCUT2D eigenvalue weighted by molar-refractivity contribution is 0.340. The summed E-state index contributed by atoms with van der Waals surface area (Å²) in [5, 5.41) is 8.97. The third-order valence-electron chi connectivity index (χ3n) is 2.41. The van der Waals surface area contributed by atoms with E-state index in [1.807, 2.05) is 37.3 Å². The summed E-state index contributed by atoms with van der Waals surface area (Å²) in [6.45, 7) is 2.56. The predicted octanol–water partition coefficient (Wildman–Crippen LogP) is 2.80. The molecule has 0 aliphatic rings. The lowest BCUT2D eigenvalue weighted by atomic mass is 10.0. The molecule has 0 saturated heterocycles. The zero-order valence-corrected chi connectivity index (χ0v) is 9.43. The van der Waals surface area contributed by atoms with E-state index in [4.69, 9.17) is 20.1 Å². The maximum Gasteiger partial charge on any atom is 0.208 e. The summed E-state index contributed by atoms with van der Waals surface area (Å²) in [5.41, 5.74) is 7.50. The molecular formula is C13H12N2O2. The number of nitriles is 1. The van der Waals surface area contributed by atoms with E-state index in [1.54, 1.807) is 0 Å². The van der Waals surface area contributed by atoms with Gasteiger partial charge in [0.2, 0.25) is 5.88 Å². The predicted molar refractivity (Wildman–Crippen MR) is 64.4 cm³/mol. The van der Waals surface area contributed by atoms with Crippen molar-refractivity contribution in [3.05, 3.63) is 36.1 Å². The number of rotatable bonds is 3. The summed E-state index contributed by atoms with van der Waals surface area (Å²) < 4.78 is 10.4. The topological polar surface area (TPSA) is 72.2 Å². The van der Waals surface area contributed by atoms with Crippen LogP contribution in [0.3, 0.4) is 0 Å². The van der Waals surface area contributed by atoms with Gasteiger partial charge in [0, 0.05) is 5.56 Å². The summed E-state index contributed by atoms with van der Waals surface area (Å²) in [6.07, 6.45) is 1.49. The molecule has 0 amide bonds. The Hall–Kier alpha value is -2.41. The van der Waals surface area contributed by atoms with Crippen LogP contribution in [-0.4, -0.2) is 6.61 Å². The Balaban J connectivity index is 2.37. The molecule has 0 atom stereocenters. The third-order valence-corrected chi connectivity index (χ3v) is 2.41. The van der Waals surface area contributed by atoms with Crippen molar-refractivity contribution in [1.82, 2.24) is 0 Å². The Kier molecular flexibility index (Phi) is 3.01. The van der Waals surface area contributed by atoms with E-state index < -0.39 is 0 Å². The molecule has 4 nitrogen and oxygen atoms in total. The Bertz CT molecular complexity index is 550. The molecule has 1 heterocycles. The highest BCUT2D eigenvalue weighted by Gasteiger charge is 2.12. The number of hydrogen-bond donors (Lipinski definition) is 1. The van der Waals surface area contributed by atoms with Gasteiger partial charge in [-0.25, -0.2) is 0 Å². The van der Waals surface area contributed by atoms with Crippen LogP contribution in [0.25, 0.3) is 11.1 Å². The molecule has 2 aromatic rings. The highest BCUT2D eigenvalue weighted by Crippen LogP contribution is 2.30. The van der Waals surface area contributed by atoms with Crippen molar-refractivity contribution < 1.29 is 9.15 Å². The van der Waals surface area contributed by atoms with Gasteiger partial charge >= 0.3 is 0 Å². The van der Waals surface area contributed by atoms with E-state index in [0.717, 1.165) is 11.3 Å². The zero-order chi connectivity index (χ0) is 12.3. The summed E-state index contributed by atoms with van der Waals surface area (Å²) in [6, 6.07) is 9.48. The van der Waals surface area contributed by atoms with E-state index in [-0.39, 0.29) is 5.88 Å². The highest BCUT2D eigenvalue weighted by molar-refractivity contribution is 5.74. The minimum atomic E-state index is 0.149. The SMILES string of the molecule is CCOc1ccc(-c2coc(N)c2C#N)cc1. The first-order chi connectivity index (χ1) is 8.26. The van der Waals surface area contributed by atoms with Gasteiger partial charge in [0.15, 0.2) is 0 Å². The first kappa shape index (κ1) is 11.1. The van der Waals surface area contributed by atoms with Gasteiger partial charge < -0.3 is 14.9 Å². The normalized spacial score (nSPS) is 9.88. The van der Waals surface area contributed by atoms with Crippen LogP contribution in [0.5, 0.6) is 5.75 Å². The fourth-order valence-corrected chi connectivity index (χ4v) is 1.60. The minimum absolute atomic E-state index is 0.149. The number of furan rings is 1. The fourth-order valence-electron chi connectivity index (χ4n) is 1.60. The smallest absolute Gasteiger partial charge is 0.208 e. The molecule has 86 valence electrons. The number of anilines is 1. The summed E-state index contributed by atoms with van der Waals surface area (Å²) in [7, 11) is 0. The molecule has 2 N–H and O–H groups in total. The van der Waals surface area contributed by atoms with Crippen molar-refractivity contribution >= 4 is 5.88 Å². The maximum atomic E-state index is 8.97. The number of ether oxygens (including phenoxy) is 1. The molecule has 0 unspecified atom stereocenters. The van der Waals surface area contributed by atoms with E-state index in [1.165, 1.54) is 6.26 Å². The molecule has 0 saturated carbocycles. The Labute approximate surface area is 99.2 Å². The monoisotopic (exact) mass is 228 g/mol. The molecular weight excluding hydrogens is 216 g/mol. The van der Waals surface area contributed by atoms with Crippen LogP contribution in [-0.2, 0) is 0 Å². The average Bonchev–Trinajstić information content (AvgIpc) is 2.72. The quantitative estimate of drug-likeness (QED) is 0.876. The van der Waals surface area contributed by atoms with Crippen molar-refractivity contribution in [3.63, 3.8) is 0 Å². The molecule has 1 aromatic carbocycles. The summed E-state index contributed by atoms with van der Waals surface area (Å²) >= 11 is 0. The lowest BCUT2D eigenvalue weighted by Crippen LogP contribution is -1.91. The Morgan fingerprint density at radius 2 is 2.06 bits per heavy atom. The van der Waals surface area contributed by atoms with Crippen molar-refractivity contribution in [2.24, 2.45) is 0 Å². The largest absolute Gasteiger partial charge is 0.494 e. The first-order valence-corrected chi connectivity index (χ1v) is 5.26. The first-order valence-electron chi connectivity index (χ1n) is 5.26. The van der Waals surface area contributed by atoms with Crippen molar-refractivity contribution in [1.29, 1.82) is 5.26 Å². The molecule has 0 aliphatic heterocycles. The van der Waals surface area contributed by atoms with Gasteiger partial charge in [0.05, 0.1) is 6.61 Å². The van der Waals surface area contributed by atoms with Crippen molar-refractivity contribution in [2.45, 2.75) is 6.92 Å². The van der Waals surface area contributed by atoms with Gasteiger partial charge in [0.1, 0.15) is 23.6 Å². The lowest BCUT2D eigenvalue weighted by Gasteiger charge is -2.03. The second kappa shape index (κ2) is 4.62. The fraction of sp³-hybridized carbons (Fsp3) is 0.154. The standard InChI is InChI=1S/C13H12N2O2/c1-2-16-10-5-3-9(4-6-10)12-8-17-13(15)11(12)7-14/h3-6,8H,2,15H2,1H3. The number of nitrogen functional groups attached to an aromatic ring is 1. The van der Waals surface area contributed by atoms with E-state index in [9.17, 15) is 0 Å². The summed E-state index contributed by atoms with van der Waals surface area (Å²) in [5.74, 6) is 0.947. The van der Waals surface area contributed by atoms with Gasteiger partial charge in [0.25, 0.3) is 0 Å². The molecule has 4 heteroatoms. The van der Waals surface area contributed by atoms with Gasteiger partial charge in [-0.3, -0.25) is 0 Å². The molecule has 0 spiro atoms. The van der Waals surface area contributed by atoms with E-state index in [0.29, 0.717) is 17.7 Å². The van der Waals surface area contributed by atoms with Crippen LogP contribution in [0.2, 0.25) is 0 Å². The summed E-state index contributed by atoms with van der Waals surface area (Å²) in [4.78, 5) is 0. The number of hydrogen-bond acceptors (Lipinski definition) is 4. The molecule has 2 rings (SSSR count). The number of nitrogens with zero attached hydrogens (tertiary/aromatic N) is 1. The molecule has 1 aromatic heterocycles. The second-order valence-corrected chi connectivity index (χ2v) is 3.46. The Morgan fingerprint density at radius 3 is 2.65 bits per heavy atom. The van der Waals surface area contributed by atoms with E-state index >= 15 is 0 Å². The molecule has 0 bridgehead atoms. The molecule has 17 heavy (non-hydrogen) atoms. The van der Waals surface area contributed by atoms with Crippen LogP contribution < -0.4 is 10.5 Å². The maximum absolute atomic E-state index is 8.97. The average molecular weight is 228 g/mol. The third kappa shape index (κ3) is 2.08. The van der Waals surface area contributed by atoms with Crippen LogP contribution in [0.1, 0.15) is 12.5 Å². The van der Waals surface area contributed by atoms with Crippen LogP contribution in [0, 0.1) is 11.3 Å². The van der Waals surface area contributed by atoms with Crippen LogP contribution >= 0.6 is 0 Å². The van der Waals surface area contributed by atoms with Gasteiger partial charge in [-0.2, -0.15) is 5.26 Å². The van der Waals surface area contributed by atoms with Gasteiger partial charge in [-0.05, 0) is 24.6 Å². The molecule has 0 aliphatic carbocycles. The second-order valence-electron chi connectivity index (χ2n) is 3.46. The van der Waals surface area contributed by atoms with Crippen LogP contribution in [0.15, 0.2) is 34.9 Å². The zero-order valence-electron chi connectivity index (χ0n) is 9.43. The van der Waals surface area contributed by atoms with Crippen LogP contribution in [0.4, 0.5) is 5.88 Å². The Morgan fingerprint density at radius 1 is 1.35 bits per heavy atom. The highest BCUT2D eigenvalue weighted by atomic mass is 16.5. The minimum Gasteiger partial charge on any atom is -0.494 e. The van der Waals surface area contributed by atoms with Crippen molar-refractivity contribution in [2.75, 3.05) is 12.3 Å².